The van der Waals surface area contributed by atoms with Gasteiger partial charge in [0.15, 0.2) is 0 Å². The van der Waals surface area contributed by atoms with Crippen molar-refractivity contribution in [2.45, 2.75) is 49.7 Å². The van der Waals surface area contributed by atoms with Gasteiger partial charge in [0, 0.05) is 11.3 Å². The molecule has 1 nitrogen and oxygen atoms in total. The molecule has 0 aromatic heterocycles. The molecule has 1 atom stereocenters. The van der Waals surface area contributed by atoms with E-state index in [-0.39, 0.29) is 0 Å². The minimum Gasteiger partial charge on any atom is -0.315 e. The molecule has 1 N–H and O–H groups in total. The van der Waals surface area contributed by atoms with E-state index in [0.29, 0.717) is 10.7 Å². The maximum Gasteiger partial charge on any atom is 0.0281 e. The molecule has 1 aromatic rings. The quantitative estimate of drug-likeness (QED) is 0.739. The first-order valence-electron chi connectivity index (χ1n) is 7.57. The van der Waals surface area contributed by atoms with Gasteiger partial charge < -0.3 is 5.32 Å². The standard InChI is InChI=1S/C17H27NS/c1-15(16-8-4-3-5-9-16)10-13-18-14-17(19-2)11-6-7-12-17/h3-5,8-9,15,18H,6-7,10-14H2,1-2H3. The van der Waals surface area contributed by atoms with Crippen LogP contribution in [0.5, 0.6) is 0 Å². The molecular formula is C17H27NS. The monoisotopic (exact) mass is 277 g/mol. The van der Waals surface area contributed by atoms with Crippen LogP contribution in [0.25, 0.3) is 0 Å². The molecule has 1 saturated carbocycles. The van der Waals surface area contributed by atoms with E-state index in [1.165, 1.54) is 44.2 Å². The summed E-state index contributed by atoms with van der Waals surface area (Å²) in [6.45, 7) is 4.66. The third kappa shape index (κ3) is 4.25. The highest BCUT2D eigenvalue weighted by Crippen LogP contribution is 2.39. The highest BCUT2D eigenvalue weighted by molar-refractivity contribution is 8.00. The van der Waals surface area contributed by atoms with E-state index in [1.807, 2.05) is 0 Å². The molecular weight excluding hydrogens is 250 g/mol. The highest BCUT2D eigenvalue weighted by atomic mass is 32.2. The lowest BCUT2D eigenvalue weighted by molar-refractivity contribution is 0.513. The van der Waals surface area contributed by atoms with Crippen molar-refractivity contribution in [3.8, 4) is 0 Å². The van der Waals surface area contributed by atoms with Crippen LogP contribution in [0.15, 0.2) is 30.3 Å². The fourth-order valence-corrected chi connectivity index (χ4v) is 4.00. The van der Waals surface area contributed by atoms with Crippen molar-refractivity contribution in [1.29, 1.82) is 0 Å². The van der Waals surface area contributed by atoms with Crippen molar-refractivity contribution in [3.05, 3.63) is 35.9 Å². The average molecular weight is 277 g/mol. The summed E-state index contributed by atoms with van der Waals surface area (Å²) in [5.41, 5.74) is 1.46. The van der Waals surface area contributed by atoms with Gasteiger partial charge in [0.05, 0.1) is 0 Å². The van der Waals surface area contributed by atoms with Crippen molar-refractivity contribution >= 4 is 11.8 Å². The van der Waals surface area contributed by atoms with Gasteiger partial charge in [-0.1, -0.05) is 50.1 Å². The second-order valence-electron chi connectivity index (χ2n) is 5.87. The summed E-state index contributed by atoms with van der Waals surface area (Å²) >= 11 is 2.07. The molecule has 0 bridgehead atoms. The molecule has 0 heterocycles. The summed E-state index contributed by atoms with van der Waals surface area (Å²) in [6, 6.07) is 10.9. The molecule has 0 aliphatic heterocycles. The van der Waals surface area contributed by atoms with Crippen LogP contribution in [0.2, 0.25) is 0 Å². The molecule has 1 fully saturated rings. The molecule has 0 spiro atoms. The van der Waals surface area contributed by atoms with Crippen LogP contribution in [0.4, 0.5) is 0 Å². The molecule has 1 aliphatic carbocycles. The van der Waals surface area contributed by atoms with Gasteiger partial charge >= 0.3 is 0 Å². The first kappa shape index (κ1) is 14.9. The van der Waals surface area contributed by atoms with Crippen molar-refractivity contribution in [1.82, 2.24) is 5.32 Å². The molecule has 1 aliphatic rings. The zero-order valence-corrected chi connectivity index (χ0v) is 13.1. The van der Waals surface area contributed by atoms with Gasteiger partial charge in [0.25, 0.3) is 0 Å². The Labute approximate surface area is 122 Å². The molecule has 1 aromatic carbocycles. The Morgan fingerprint density at radius 3 is 2.53 bits per heavy atom. The van der Waals surface area contributed by atoms with Crippen LogP contribution in [0, 0.1) is 0 Å². The van der Waals surface area contributed by atoms with E-state index >= 15 is 0 Å². The Balaban J connectivity index is 1.69. The van der Waals surface area contributed by atoms with Gasteiger partial charge in [0.1, 0.15) is 0 Å². The summed E-state index contributed by atoms with van der Waals surface area (Å²) in [7, 11) is 0. The first-order valence-corrected chi connectivity index (χ1v) is 8.79. The van der Waals surface area contributed by atoms with Crippen LogP contribution in [-0.2, 0) is 0 Å². The van der Waals surface area contributed by atoms with Gasteiger partial charge in [-0.05, 0) is 43.5 Å². The average Bonchev–Trinajstić information content (AvgIpc) is 2.94. The van der Waals surface area contributed by atoms with E-state index < -0.39 is 0 Å². The fraction of sp³-hybridized carbons (Fsp3) is 0.647. The van der Waals surface area contributed by atoms with Crippen LogP contribution >= 0.6 is 11.8 Å². The van der Waals surface area contributed by atoms with Crippen molar-refractivity contribution in [2.24, 2.45) is 0 Å². The molecule has 0 amide bonds. The maximum absolute atomic E-state index is 3.70. The van der Waals surface area contributed by atoms with Gasteiger partial charge in [-0.15, -0.1) is 0 Å². The lowest BCUT2D eigenvalue weighted by atomic mass is 9.98. The number of rotatable bonds is 7. The Bertz CT molecular complexity index is 357. The third-order valence-electron chi connectivity index (χ3n) is 4.52. The second kappa shape index (κ2) is 7.35. The molecule has 0 saturated heterocycles. The Morgan fingerprint density at radius 1 is 1.21 bits per heavy atom. The zero-order chi connectivity index (χ0) is 13.6. The van der Waals surface area contributed by atoms with Crippen LogP contribution in [-0.4, -0.2) is 24.1 Å². The Kier molecular flexibility index (Phi) is 5.77. The summed E-state index contributed by atoms with van der Waals surface area (Å²) < 4.78 is 0.538. The number of hydrogen-bond donors (Lipinski definition) is 1. The topological polar surface area (TPSA) is 12.0 Å². The van der Waals surface area contributed by atoms with E-state index in [9.17, 15) is 0 Å². The van der Waals surface area contributed by atoms with E-state index in [0.717, 1.165) is 6.54 Å². The van der Waals surface area contributed by atoms with E-state index in [1.54, 1.807) is 0 Å². The van der Waals surface area contributed by atoms with Crippen LogP contribution in [0.3, 0.4) is 0 Å². The fourth-order valence-electron chi connectivity index (χ4n) is 3.06. The molecule has 2 heteroatoms. The molecule has 106 valence electrons. The zero-order valence-electron chi connectivity index (χ0n) is 12.3. The number of nitrogens with one attached hydrogen (secondary N) is 1. The summed E-state index contributed by atoms with van der Waals surface area (Å²) in [5, 5.41) is 3.70. The second-order valence-corrected chi connectivity index (χ2v) is 7.15. The summed E-state index contributed by atoms with van der Waals surface area (Å²) in [6.07, 6.45) is 9.14. The predicted octanol–water partition coefficient (Wildman–Crippen LogP) is 4.45. The molecule has 2 rings (SSSR count). The normalized spacial score (nSPS) is 19.5. The van der Waals surface area contributed by atoms with Gasteiger partial charge in [-0.25, -0.2) is 0 Å². The third-order valence-corrected chi connectivity index (χ3v) is 5.94. The SMILES string of the molecule is CSC1(CNCCC(C)c2ccccc2)CCCC1. The minimum atomic E-state index is 0.538. The van der Waals surface area contributed by atoms with E-state index in [2.05, 4.69) is 60.6 Å². The van der Waals surface area contributed by atoms with Gasteiger partial charge in [0.2, 0.25) is 0 Å². The largest absolute Gasteiger partial charge is 0.315 e. The molecule has 0 radical (unpaired) electrons. The van der Waals surface area contributed by atoms with Gasteiger partial charge in [-0.3, -0.25) is 0 Å². The van der Waals surface area contributed by atoms with Crippen LogP contribution < -0.4 is 5.32 Å². The highest BCUT2D eigenvalue weighted by Gasteiger charge is 2.32. The lowest BCUT2D eigenvalue weighted by Gasteiger charge is -2.27. The Morgan fingerprint density at radius 2 is 1.89 bits per heavy atom. The summed E-state index contributed by atoms with van der Waals surface area (Å²) in [4.78, 5) is 0. The number of benzene rings is 1. The van der Waals surface area contributed by atoms with Crippen molar-refractivity contribution in [2.75, 3.05) is 19.3 Å². The lowest BCUT2D eigenvalue weighted by Crippen LogP contribution is -2.35. The molecule has 1 unspecified atom stereocenters. The van der Waals surface area contributed by atoms with Gasteiger partial charge in [-0.2, -0.15) is 11.8 Å². The smallest absolute Gasteiger partial charge is 0.0281 e. The van der Waals surface area contributed by atoms with Crippen molar-refractivity contribution in [3.63, 3.8) is 0 Å². The van der Waals surface area contributed by atoms with E-state index in [4.69, 9.17) is 0 Å². The van der Waals surface area contributed by atoms with Crippen molar-refractivity contribution < 1.29 is 0 Å². The molecule has 19 heavy (non-hydrogen) atoms. The minimum absolute atomic E-state index is 0.538. The number of hydrogen-bond acceptors (Lipinski definition) is 2. The Hall–Kier alpha value is -0.470. The summed E-state index contributed by atoms with van der Waals surface area (Å²) in [5.74, 6) is 0.655. The van der Waals surface area contributed by atoms with Crippen LogP contribution in [0.1, 0.15) is 50.5 Å². The first-order chi connectivity index (χ1) is 9.26. The maximum atomic E-state index is 3.70. The number of thioether (sulfide) groups is 1. The predicted molar refractivity (Wildman–Crippen MR) is 87.1 cm³/mol.